The lowest BCUT2D eigenvalue weighted by molar-refractivity contribution is -0.119. The summed E-state index contributed by atoms with van der Waals surface area (Å²) in [4.78, 5) is 19.2. The molecule has 8 N–H and O–H groups in total. The minimum atomic E-state index is -0.503. The van der Waals surface area contributed by atoms with E-state index in [0.29, 0.717) is 37.1 Å². The fourth-order valence-electron chi connectivity index (χ4n) is 5.35. The molecule has 224 valence electrons. The highest BCUT2D eigenvalue weighted by atomic mass is 16.5. The number of nitrogens with two attached hydrogens (primary N) is 1. The molecule has 1 fully saturated rings. The van der Waals surface area contributed by atoms with Crippen LogP contribution in [0.25, 0.3) is 11.1 Å². The van der Waals surface area contributed by atoms with Crippen molar-refractivity contribution in [2.75, 3.05) is 26.2 Å². The Kier molecular flexibility index (Phi) is 10.7. The number of amidine groups is 1. The van der Waals surface area contributed by atoms with E-state index in [0.717, 1.165) is 59.6 Å². The minimum absolute atomic E-state index is 0.0787. The Morgan fingerprint density at radius 2 is 2.12 bits per heavy atom. The van der Waals surface area contributed by atoms with Crippen molar-refractivity contribution < 1.29 is 14.6 Å². The Labute approximate surface area is 247 Å². The van der Waals surface area contributed by atoms with Crippen molar-refractivity contribution in [2.45, 2.75) is 52.1 Å². The molecule has 0 radical (unpaired) electrons. The summed E-state index contributed by atoms with van der Waals surface area (Å²) >= 11 is 0. The fraction of sp³-hybridized carbons (Fsp3) is 0.406. The van der Waals surface area contributed by atoms with Gasteiger partial charge < -0.3 is 41.9 Å². The molecule has 10 heteroatoms. The highest BCUT2D eigenvalue weighted by Gasteiger charge is 2.28. The van der Waals surface area contributed by atoms with Gasteiger partial charge in [0.05, 0.1) is 24.2 Å². The van der Waals surface area contributed by atoms with Crippen molar-refractivity contribution in [1.82, 2.24) is 20.9 Å². The van der Waals surface area contributed by atoms with E-state index in [1.54, 1.807) is 18.2 Å². The number of aliphatic imine (C=N–C) groups is 1. The number of carbonyl (C=O) groups excluding carboxylic acids is 1. The summed E-state index contributed by atoms with van der Waals surface area (Å²) in [6, 6.07) is 13.2. The number of ether oxygens (including phenoxy) is 1. The van der Waals surface area contributed by atoms with Gasteiger partial charge in [0.25, 0.3) is 0 Å². The number of rotatable bonds is 14. The number of hydrogen-bond donors (Lipinski definition) is 7. The molecule has 1 saturated heterocycles. The van der Waals surface area contributed by atoms with Crippen molar-refractivity contribution in [2.24, 2.45) is 16.6 Å². The average molecular weight is 574 g/mol. The van der Waals surface area contributed by atoms with Gasteiger partial charge >= 0.3 is 0 Å². The first kappa shape index (κ1) is 30.8. The topological polar surface area (TPSA) is 161 Å². The second-order valence-electron chi connectivity index (χ2n) is 10.7. The van der Waals surface area contributed by atoms with Crippen LogP contribution in [0.2, 0.25) is 0 Å². The third kappa shape index (κ3) is 7.98. The molecule has 1 aromatic heterocycles. The number of nitrogens with zero attached hydrogens (tertiary/aromatic N) is 1. The number of nitrogens with one attached hydrogen (secondary N) is 5. The second-order valence-corrected chi connectivity index (χ2v) is 10.7. The number of phenols is 1. The zero-order valence-electron chi connectivity index (χ0n) is 24.7. The molecular weight excluding hydrogens is 530 g/mol. The normalized spacial score (nSPS) is 16.6. The van der Waals surface area contributed by atoms with E-state index in [4.69, 9.17) is 20.9 Å². The van der Waals surface area contributed by atoms with Gasteiger partial charge in [0, 0.05) is 37.6 Å². The third-order valence-electron chi connectivity index (χ3n) is 7.61. The zero-order chi connectivity index (χ0) is 30.1. The number of carbonyl (C=O) groups is 1. The van der Waals surface area contributed by atoms with E-state index in [-0.39, 0.29) is 17.7 Å². The molecule has 10 nitrogen and oxygen atoms in total. The molecule has 1 aliphatic heterocycles. The van der Waals surface area contributed by atoms with E-state index < -0.39 is 5.92 Å². The van der Waals surface area contributed by atoms with Gasteiger partial charge in [-0.05, 0) is 91.4 Å². The summed E-state index contributed by atoms with van der Waals surface area (Å²) in [6.45, 7) is 8.12. The number of benzene rings is 2. The molecule has 3 unspecified atom stereocenters. The lowest BCUT2D eigenvalue weighted by atomic mass is 9.95. The molecule has 3 aromatic rings. The molecule has 1 aliphatic rings. The van der Waals surface area contributed by atoms with Crippen LogP contribution in [0, 0.1) is 18.3 Å². The smallest absolute Gasteiger partial charge is 0.216 e. The second kappa shape index (κ2) is 14.7. The third-order valence-corrected chi connectivity index (χ3v) is 7.61. The fourth-order valence-corrected chi connectivity index (χ4v) is 5.35. The summed E-state index contributed by atoms with van der Waals surface area (Å²) in [6.07, 6.45) is 6.27. The minimum Gasteiger partial charge on any atom is -0.508 e. The van der Waals surface area contributed by atoms with Crippen molar-refractivity contribution in [3.8, 4) is 22.6 Å². The monoisotopic (exact) mass is 573 g/mol. The molecule has 0 saturated carbocycles. The molecule has 0 aliphatic carbocycles. The van der Waals surface area contributed by atoms with Gasteiger partial charge in [-0.1, -0.05) is 13.0 Å². The molecule has 4 rings (SSSR count). The van der Waals surface area contributed by atoms with Gasteiger partial charge in [-0.25, -0.2) is 4.99 Å². The van der Waals surface area contributed by atoms with Crippen LogP contribution in [-0.4, -0.2) is 60.3 Å². The van der Waals surface area contributed by atoms with Crippen LogP contribution in [-0.2, 0) is 11.2 Å². The number of aryl methyl sites for hydroxylation is 2. The maximum Gasteiger partial charge on any atom is 0.216 e. The Hall–Kier alpha value is -4.15. The number of aromatic amines is 1. The van der Waals surface area contributed by atoms with Crippen LogP contribution in [0.3, 0.4) is 0 Å². The summed E-state index contributed by atoms with van der Waals surface area (Å²) < 4.78 is 5.79. The van der Waals surface area contributed by atoms with Gasteiger partial charge in [-0.2, -0.15) is 0 Å². The summed E-state index contributed by atoms with van der Waals surface area (Å²) in [5.41, 5.74) is 12.2. The Morgan fingerprint density at radius 1 is 1.29 bits per heavy atom. The highest BCUT2D eigenvalue weighted by molar-refractivity contribution is 5.97. The molecule has 2 heterocycles. The lowest BCUT2D eigenvalue weighted by Gasteiger charge is -2.26. The summed E-state index contributed by atoms with van der Waals surface area (Å²) in [5, 5.41) is 28.2. The number of aromatic hydroxyl groups is 1. The molecule has 1 amide bonds. The number of amides is 1. The summed E-state index contributed by atoms with van der Waals surface area (Å²) in [7, 11) is 0. The van der Waals surface area contributed by atoms with Crippen LogP contribution < -0.4 is 26.4 Å². The first-order valence-electron chi connectivity index (χ1n) is 14.6. The predicted octanol–water partition coefficient (Wildman–Crippen LogP) is 4.11. The van der Waals surface area contributed by atoms with E-state index in [9.17, 15) is 9.90 Å². The van der Waals surface area contributed by atoms with E-state index >= 15 is 0 Å². The van der Waals surface area contributed by atoms with Crippen LogP contribution in [0.1, 0.15) is 49.6 Å². The molecule has 3 atom stereocenters. The van der Waals surface area contributed by atoms with Crippen molar-refractivity contribution in [3.63, 3.8) is 0 Å². The first-order valence-corrected chi connectivity index (χ1v) is 14.6. The molecule has 42 heavy (non-hydrogen) atoms. The predicted molar refractivity (Wildman–Crippen MR) is 168 cm³/mol. The van der Waals surface area contributed by atoms with Gasteiger partial charge in [-0.15, -0.1) is 0 Å². The number of phenolic OH excluding ortho intramolecular Hbond substituents is 1. The van der Waals surface area contributed by atoms with E-state index in [1.807, 2.05) is 38.2 Å². The molecular formula is C32H43N7O3. The van der Waals surface area contributed by atoms with Crippen LogP contribution in [0.4, 0.5) is 5.69 Å². The largest absolute Gasteiger partial charge is 0.508 e. The lowest BCUT2D eigenvalue weighted by Crippen LogP contribution is -2.42. The van der Waals surface area contributed by atoms with Gasteiger partial charge in [0.15, 0.2) is 0 Å². The van der Waals surface area contributed by atoms with Crippen LogP contribution in [0.5, 0.6) is 11.5 Å². The Morgan fingerprint density at radius 3 is 2.81 bits per heavy atom. The van der Waals surface area contributed by atoms with Crippen molar-refractivity contribution in [1.29, 1.82) is 5.41 Å². The van der Waals surface area contributed by atoms with Crippen LogP contribution >= 0.6 is 0 Å². The molecule has 2 aromatic carbocycles. The Bertz CT molecular complexity index is 1390. The number of hydrogen-bond acceptors (Lipinski definition) is 7. The average Bonchev–Trinajstić information content (AvgIpc) is 3.67. The zero-order valence-corrected chi connectivity index (χ0v) is 24.7. The number of aromatic nitrogens is 1. The number of H-pyrrole nitrogens is 1. The van der Waals surface area contributed by atoms with E-state index in [1.165, 1.54) is 13.1 Å². The molecule has 0 bridgehead atoms. The maximum absolute atomic E-state index is 11.1. The van der Waals surface area contributed by atoms with E-state index in [2.05, 4.69) is 27.0 Å². The quantitative estimate of drug-likeness (QED) is 0.0873. The Balaban J connectivity index is 1.58. The van der Waals surface area contributed by atoms with Crippen molar-refractivity contribution in [3.05, 3.63) is 65.5 Å². The van der Waals surface area contributed by atoms with Gasteiger partial charge in [0.1, 0.15) is 23.9 Å². The first-order chi connectivity index (χ1) is 20.3. The van der Waals surface area contributed by atoms with Crippen LogP contribution in [0.15, 0.2) is 53.7 Å². The van der Waals surface area contributed by atoms with Gasteiger partial charge in [-0.3, -0.25) is 4.79 Å². The van der Waals surface area contributed by atoms with Gasteiger partial charge in [0.2, 0.25) is 5.91 Å². The summed E-state index contributed by atoms with van der Waals surface area (Å²) in [5.74, 6) is 0.683. The standard InChI is InChI=1S/C32H43N7O3/c1-4-22-15-25(41)7-10-29(22)39-32(34)28(17-33)31(38-19-24-6-5-11-36-24)30-16-23(18-37-30)27-9-8-26(14-20(27)2)42-13-12-35-21(3)40/h7-10,14-18,24,28,31,33,36-38,41H,4-6,11-13,19H2,1-3H3,(H2,34,39)(H,35,40). The maximum atomic E-state index is 11.1. The highest BCUT2D eigenvalue weighted by Crippen LogP contribution is 2.32. The molecule has 0 spiro atoms. The SMILES string of the molecule is CCc1cc(O)ccc1N=C(N)C(C=N)C(NCC1CCCN1)c1cc(-c2ccc(OCCNC(C)=O)cc2C)c[nH]1. The van der Waals surface area contributed by atoms with Crippen molar-refractivity contribution >= 4 is 23.6 Å².